The number of para-hydroxylation sites is 1. The Balaban J connectivity index is 1.53. The first kappa shape index (κ1) is 14.8. The summed E-state index contributed by atoms with van der Waals surface area (Å²) in [6, 6.07) is 9.62. The van der Waals surface area contributed by atoms with E-state index in [1.807, 2.05) is 30.3 Å². The van der Waals surface area contributed by atoms with Crippen molar-refractivity contribution in [2.45, 2.75) is 18.9 Å². The van der Waals surface area contributed by atoms with Crippen LogP contribution >= 0.6 is 0 Å². The first-order chi connectivity index (χ1) is 9.79. The maximum atomic E-state index is 11.6. The fourth-order valence-corrected chi connectivity index (χ4v) is 2.02. The highest BCUT2D eigenvalue weighted by atomic mass is 16.5. The molecule has 2 rings (SSSR count). The zero-order valence-electron chi connectivity index (χ0n) is 11.6. The Morgan fingerprint density at radius 2 is 2.05 bits per heavy atom. The van der Waals surface area contributed by atoms with Crippen LogP contribution < -0.4 is 15.8 Å². The summed E-state index contributed by atoms with van der Waals surface area (Å²) in [6.45, 7) is 1.37. The molecule has 5 nitrogen and oxygen atoms in total. The number of nitrogens with two attached hydrogens (primary N) is 1. The van der Waals surface area contributed by atoms with Crippen LogP contribution in [-0.4, -0.2) is 38.3 Å². The van der Waals surface area contributed by atoms with Crippen LogP contribution in [0.1, 0.15) is 12.8 Å². The molecule has 5 heteroatoms. The second-order valence-electron chi connectivity index (χ2n) is 4.96. The molecule has 0 bridgehead atoms. The summed E-state index contributed by atoms with van der Waals surface area (Å²) in [4.78, 5) is 11.6. The van der Waals surface area contributed by atoms with E-state index in [9.17, 15) is 4.79 Å². The van der Waals surface area contributed by atoms with Crippen molar-refractivity contribution < 1.29 is 14.3 Å². The lowest BCUT2D eigenvalue weighted by Crippen LogP contribution is -2.43. The number of benzene rings is 1. The average Bonchev–Trinajstić information content (AvgIpc) is 3.30. The second-order valence-corrected chi connectivity index (χ2v) is 4.96. The molecule has 1 aromatic carbocycles. The summed E-state index contributed by atoms with van der Waals surface area (Å²) in [7, 11) is 0. The first-order valence-electron chi connectivity index (χ1n) is 7.04. The predicted molar refractivity (Wildman–Crippen MR) is 76.5 cm³/mol. The van der Waals surface area contributed by atoms with Gasteiger partial charge in [0.15, 0.2) is 0 Å². The van der Waals surface area contributed by atoms with Gasteiger partial charge in [-0.25, -0.2) is 0 Å². The third kappa shape index (κ3) is 5.19. The minimum absolute atomic E-state index is 0.0569. The topological polar surface area (TPSA) is 73.6 Å². The van der Waals surface area contributed by atoms with Crippen LogP contribution in [0.15, 0.2) is 30.3 Å². The smallest absolute Gasteiger partial charge is 0.246 e. The third-order valence-corrected chi connectivity index (χ3v) is 3.26. The summed E-state index contributed by atoms with van der Waals surface area (Å²) in [6.07, 6.45) is 2.32. The highest BCUT2D eigenvalue weighted by Crippen LogP contribution is 2.32. The van der Waals surface area contributed by atoms with Gasteiger partial charge in [0.2, 0.25) is 5.91 Å². The number of ether oxygens (including phenoxy) is 2. The van der Waals surface area contributed by atoms with Crippen LogP contribution in [0, 0.1) is 5.92 Å². The fraction of sp³-hybridized carbons (Fsp3) is 0.533. The van der Waals surface area contributed by atoms with Gasteiger partial charge in [-0.15, -0.1) is 0 Å². The van der Waals surface area contributed by atoms with E-state index in [-0.39, 0.29) is 18.6 Å². The van der Waals surface area contributed by atoms with Gasteiger partial charge in [0.25, 0.3) is 0 Å². The standard InChI is InChI=1S/C15H22N2O3/c16-10-14(12-6-7-12)17-15(18)11-19-8-9-20-13-4-2-1-3-5-13/h1-5,12,14H,6-11,16H2,(H,17,18). The number of hydrogen-bond donors (Lipinski definition) is 2. The number of carbonyl (C=O) groups excluding carboxylic acids is 1. The van der Waals surface area contributed by atoms with Crippen molar-refractivity contribution in [1.29, 1.82) is 0 Å². The first-order valence-corrected chi connectivity index (χ1v) is 7.04. The Kier molecular flexibility index (Phi) is 5.83. The lowest BCUT2D eigenvalue weighted by molar-refractivity contribution is -0.126. The van der Waals surface area contributed by atoms with Crippen LogP contribution in [0.2, 0.25) is 0 Å². The molecule has 1 fully saturated rings. The highest BCUT2D eigenvalue weighted by Gasteiger charge is 2.31. The Morgan fingerprint density at radius 1 is 1.30 bits per heavy atom. The highest BCUT2D eigenvalue weighted by molar-refractivity contribution is 5.77. The van der Waals surface area contributed by atoms with Gasteiger partial charge in [0.1, 0.15) is 19.0 Å². The van der Waals surface area contributed by atoms with Gasteiger partial charge in [-0.1, -0.05) is 18.2 Å². The molecule has 20 heavy (non-hydrogen) atoms. The van der Waals surface area contributed by atoms with Crippen LogP contribution in [0.25, 0.3) is 0 Å². The Hall–Kier alpha value is -1.59. The molecule has 1 aromatic rings. The number of rotatable bonds is 9. The molecule has 1 atom stereocenters. The quantitative estimate of drug-likeness (QED) is 0.659. The maximum absolute atomic E-state index is 11.6. The van der Waals surface area contributed by atoms with Crippen LogP contribution in [0.5, 0.6) is 5.75 Å². The zero-order chi connectivity index (χ0) is 14.2. The Morgan fingerprint density at radius 3 is 2.70 bits per heavy atom. The molecule has 1 amide bonds. The van der Waals surface area contributed by atoms with Gasteiger partial charge in [-0.05, 0) is 30.9 Å². The fourth-order valence-electron chi connectivity index (χ4n) is 2.02. The van der Waals surface area contributed by atoms with Crippen LogP contribution in [0.4, 0.5) is 0 Å². The minimum atomic E-state index is -0.105. The molecular formula is C15H22N2O3. The van der Waals surface area contributed by atoms with E-state index in [1.54, 1.807) is 0 Å². The van der Waals surface area contributed by atoms with Crippen molar-refractivity contribution in [1.82, 2.24) is 5.32 Å². The summed E-state index contributed by atoms with van der Waals surface area (Å²) in [5.74, 6) is 1.26. The van der Waals surface area contributed by atoms with E-state index < -0.39 is 0 Å². The van der Waals surface area contributed by atoms with Crippen LogP contribution in [-0.2, 0) is 9.53 Å². The molecule has 110 valence electrons. The lowest BCUT2D eigenvalue weighted by Gasteiger charge is -2.15. The molecule has 1 aliphatic carbocycles. The molecule has 1 saturated carbocycles. The number of carbonyl (C=O) groups is 1. The molecule has 0 aliphatic heterocycles. The molecule has 0 saturated heterocycles. The average molecular weight is 278 g/mol. The summed E-state index contributed by atoms with van der Waals surface area (Å²) in [5, 5.41) is 2.91. The lowest BCUT2D eigenvalue weighted by atomic mass is 10.2. The molecule has 0 aromatic heterocycles. The summed E-state index contributed by atoms with van der Waals surface area (Å²) < 4.78 is 10.7. The molecule has 0 spiro atoms. The van der Waals surface area contributed by atoms with Crippen molar-refractivity contribution >= 4 is 5.91 Å². The molecule has 0 radical (unpaired) electrons. The van der Waals surface area contributed by atoms with E-state index in [2.05, 4.69) is 5.32 Å². The van der Waals surface area contributed by atoms with Crippen molar-refractivity contribution in [3.63, 3.8) is 0 Å². The summed E-state index contributed by atoms with van der Waals surface area (Å²) in [5.41, 5.74) is 5.63. The maximum Gasteiger partial charge on any atom is 0.246 e. The monoisotopic (exact) mass is 278 g/mol. The van der Waals surface area contributed by atoms with Gasteiger partial charge in [0, 0.05) is 12.6 Å². The molecule has 0 heterocycles. The van der Waals surface area contributed by atoms with Gasteiger partial charge in [-0.3, -0.25) is 4.79 Å². The van der Waals surface area contributed by atoms with Crippen molar-refractivity contribution in [2.24, 2.45) is 11.7 Å². The molecule has 1 unspecified atom stereocenters. The summed E-state index contributed by atoms with van der Waals surface area (Å²) >= 11 is 0. The van der Waals surface area contributed by atoms with E-state index in [1.165, 1.54) is 0 Å². The van der Waals surface area contributed by atoms with Crippen molar-refractivity contribution in [2.75, 3.05) is 26.4 Å². The third-order valence-electron chi connectivity index (χ3n) is 3.26. The predicted octanol–water partition coefficient (Wildman–Crippen LogP) is 0.935. The minimum Gasteiger partial charge on any atom is -0.491 e. The number of hydrogen-bond acceptors (Lipinski definition) is 4. The van der Waals surface area contributed by atoms with Crippen molar-refractivity contribution in [3.05, 3.63) is 30.3 Å². The zero-order valence-corrected chi connectivity index (χ0v) is 11.6. The van der Waals surface area contributed by atoms with E-state index in [4.69, 9.17) is 15.2 Å². The largest absolute Gasteiger partial charge is 0.491 e. The van der Waals surface area contributed by atoms with E-state index >= 15 is 0 Å². The number of amides is 1. The normalized spacial score (nSPS) is 15.7. The molecule has 1 aliphatic rings. The van der Waals surface area contributed by atoms with E-state index in [0.717, 1.165) is 18.6 Å². The SMILES string of the molecule is NCC(NC(=O)COCCOc1ccccc1)C1CC1. The number of nitrogens with one attached hydrogen (secondary N) is 1. The van der Waals surface area contributed by atoms with Gasteiger partial charge in [0.05, 0.1) is 6.61 Å². The van der Waals surface area contributed by atoms with Gasteiger partial charge in [-0.2, -0.15) is 0 Å². The second kappa shape index (κ2) is 7.87. The molecule has 3 N–H and O–H groups in total. The van der Waals surface area contributed by atoms with Crippen molar-refractivity contribution in [3.8, 4) is 5.75 Å². The van der Waals surface area contributed by atoms with Gasteiger partial charge >= 0.3 is 0 Å². The molecular weight excluding hydrogens is 256 g/mol. The van der Waals surface area contributed by atoms with Gasteiger partial charge < -0.3 is 20.5 Å². The Labute approximate surface area is 119 Å². The Bertz CT molecular complexity index is 407. The van der Waals surface area contributed by atoms with Crippen LogP contribution in [0.3, 0.4) is 0 Å². The van der Waals surface area contributed by atoms with E-state index in [0.29, 0.717) is 25.7 Å².